The van der Waals surface area contributed by atoms with E-state index in [0.717, 1.165) is 18.8 Å². The van der Waals surface area contributed by atoms with Gasteiger partial charge in [-0.1, -0.05) is 41.5 Å². The number of ether oxygens (including phenoxy) is 5. The van der Waals surface area contributed by atoms with Gasteiger partial charge in [-0.3, -0.25) is 16.7 Å². The van der Waals surface area contributed by atoms with E-state index >= 15 is 0 Å². The molecule has 0 aromatic rings. The molecule has 0 spiro atoms. The lowest BCUT2D eigenvalue weighted by Gasteiger charge is -2.29. The maximum atomic E-state index is 13.0. The summed E-state index contributed by atoms with van der Waals surface area (Å²) in [5, 5.41) is 15.5. The summed E-state index contributed by atoms with van der Waals surface area (Å²) >= 11 is 0. The zero-order chi connectivity index (χ0) is 61.0. The fourth-order valence-corrected chi connectivity index (χ4v) is 30.7. The van der Waals surface area contributed by atoms with Crippen molar-refractivity contribution in [2.45, 2.75) is 202 Å². The van der Waals surface area contributed by atoms with Crippen LogP contribution in [0.5, 0.6) is 0 Å². The Balaban J connectivity index is 0.0000000943. The molecule has 16 aliphatic heterocycles. The fourth-order valence-electron chi connectivity index (χ4n) is 18.2. The minimum Gasteiger partial charge on any atom is -0.373 e. The van der Waals surface area contributed by atoms with Gasteiger partial charge in [-0.15, -0.1) is 0 Å². The third-order valence-corrected chi connectivity index (χ3v) is 34.5. The molecule has 472 valence electrons. The molecule has 12 bridgehead atoms. The maximum Gasteiger partial charge on any atom is 0.413 e. The van der Waals surface area contributed by atoms with E-state index in [9.17, 15) is 76.8 Å². The SMILES string of the molecule is CC1C2CC3(C#N)C(O2)C1OS3(=O)=O.CC1C2CC3(C(F)(F)F)C(O2)C1OS3(=O)=O.CC1C2CC3C(O2)C1CS3(=O)=O.CC1C2CC3C1CS(=O)(=O)C3C2.CC1C2OC3C1OS(=O)(=O)C3C2C#N.CC1C2OS(=O)(=O)C3C2OC1C3C(F)(F)F. The Hall–Kier alpha value is -2.10. The minimum absolute atomic E-state index is 0.00169. The quantitative estimate of drug-likeness (QED) is 0.248. The van der Waals surface area contributed by atoms with Gasteiger partial charge in [0.2, 0.25) is 9.49 Å². The van der Waals surface area contributed by atoms with Crippen molar-refractivity contribution in [1.82, 2.24) is 0 Å². The normalized spacial score (nSPS) is 56.5. The first-order valence-electron chi connectivity index (χ1n) is 28.1. The molecule has 0 radical (unpaired) electrons. The highest BCUT2D eigenvalue weighted by atomic mass is 32.2. The van der Waals surface area contributed by atoms with Crippen LogP contribution in [0.3, 0.4) is 0 Å². The summed E-state index contributed by atoms with van der Waals surface area (Å²) in [6, 6.07) is 3.90. The van der Waals surface area contributed by atoms with Gasteiger partial charge in [-0.2, -0.15) is 70.5 Å². The van der Waals surface area contributed by atoms with Crippen molar-refractivity contribution >= 4 is 60.1 Å². The Kier molecular flexibility index (Phi) is 13.6. The first kappa shape index (κ1) is 60.8. The molecule has 23 nitrogen and oxygen atoms in total. The molecule has 18 fully saturated rings. The lowest BCUT2D eigenvalue weighted by atomic mass is 9.80. The van der Waals surface area contributed by atoms with Crippen molar-refractivity contribution in [3.8, 4) is 12.1 Å². The maximum absolute atomic E-state index is 13.0. The Labute approximate surface area is 482 Å². The molecule has 0 N–H and O–H groups in total. The molecule has 32 atom stereocenters. The van der Waals surface area contributed by atoms with Crippen LogP contribution in [0.2, 0.25) is 0 Å². The van der Waals surface area contributed by atoms with Crippen LogP contribution in [0.4, 0.5) is 26.3 Å². The van der Waals surface area contributed by atoms with Gasteiger partial charge in [0.15, 0.2) is 19.7 Å². The van der Waals surface area contributed by atoms with Crippen molar-refractivity contribution in [3.63, 3.8) is 0 Å². The molecule has 16 heterocycles. The smallest absolute Gasteiger partial charge is 0.373 e. The van der Waals surface area contributed by atoms with E-state index in [-0.39, 0.29) is 65.2 Å². The van der Waals surface area contributed by atoms with Gasteiger partial charge in [-0.05, 0) is 48.9 Å². The molecule has 0 aromatic heterocycles. The first-order chi connectivity index (χ1) is 38.7. The number of fused-ring (bicyclic) bond motifs is 6. The van der Waals surface area contributed by atoms with E-state index in [0.29, 0.717) is 41.1 Å². The van der Waals surface area contributed by atoms with Crippen molar-refractivity contribution in [2.75, 3.05) is 11.5 Å². The van der Waals surface area contributed by atoms with Crippen molar-refractivity contribution in [2.24, 2.45) is 71.0 Å². The van der Waals surface area contributed by atoms with E-state index in [2.05, 4.69) is 18.0 Å². The third-order valence-electron chi connectivity index (χ3n) is 22.7. The van der Waals surface area contributed by atoms with Gasteiger partial charge < -0.3 is 23.7 Å². The standard InChI is InChI=1S/C9H14O2S.2C8H9F3O4S.2C8H9NO4S.C8H12O3S/c1-5-6-2-7-8(5)4-12(10,11)9(7)3-6;1-3-4-2-7(8(9,10)11)6(14-4)5(3)15-16(7,12)13;1-2-4-3(8(9,10)11)7-6(14-4)5(2)15-16(7,12)13;1-4-5-2-8(3-9)7(12-5)6(4)13-14(8,10)11;1-3-5-4(2-9)8-7(12-5)6(3)13-14(8,10)11;1-4-5-3-12(9,10)7-2-6(4)11-8(5)7/h5-9H,2-4H2,1H3;3-6H,2H2,1H3;2-7H,1H3;4-7H,2H2,1H3;3-8H,1H3;4-8H,2-3H2,1H3. The first-order valence-corrected chi connectivity index (χ1v) is 37.2. The number of nitrogens with zero attached hydrogens (tertiary/aromatic N) is 2. The Bertz CT molecular complexity index is 3520. The highest BCUT2D eigenvalue weighted by Crippen LogP contribution is 2.63. The molecule has 16 saturated heterocycles. The molecular formula is C49H62F6N2O21S6. The van der Waals surface area contributed by atoms with E-state index in [1.807, 2.05) is 26.0 Å². The molecule has 2 aliphatic carbocycles. The zero-order valence-electron chi connectivity index (χ0n) is 45.5. The van der Waals surface area contributed by atoms with Crippen LogP contribution >= 0.6 is 0 Å². The molecule has 2 saturated carbocycles. The van der Waals surface area contributed by atoms with Crippen LogP contribution in [0, 0.1) is 93.7 Å². The number of hydrogen-bond donors (Lipinski definition) is 0. The summed E-state index contributed by atoms with van der Waals surface area (Å²) in [4.78, 5) is 0. The summed E-state index contributed by atoms with van der Waals surface area (Å²) in [7, 11) is -21.6. The number of sulfone groups is 2. The van der Waals surface area contributed by atoms with E-state index in [1.54, 1.807) is 6.92 Å². The molecule has 18 aliphatic rings. The highest BCUT2D eigenvalue weighted by molar-refractivity contribution is 7.92. The van der Waals surface area contributed by atoms with Crippen molar-refractivity contribution in [1.29, 1.82) is 10.5 Å². The average Bonchev–Trinajstić information content (AvgIpc) is 1.58. The van der Waals surface area contributed by atoms with Crippen molar-refractivity contribution < 1.29 is 117 Å². The predicted octanol–water partition coefficient (Wildman–Crippen LogP) is 2.21. The lowest BCUT2D eigenvalue weighted by molar-refractivity contribution is -0.189. The Morgan fingerprint density at radius 1 is 0.464 bits per heavy atom. The van der Waals surface area contributed by atoms with Crippen molar-refractivity contribution in [3.05, 3.63) is 0 Å². The van der Waals surface area contributed by atoms with E-state index in [4.69, 9.17) is 46.8 Å². The lowest BCUT2D eigenvalue weighted by Crippen LogP contribution is -2.56. The monoisotopic (exact) mass is 1320 g/mol. The second kappa shape index (κ2) is 18.8. The van der Waals surface area contributed by atoms with Gasteiger partial charge in [0.25, 0.3) is 40.5 Å². The minimum atomic E-state index is -4.85. The van der Waals surface area contributed by atoms with Crippen LogP contribution in [0.15, 0.2) is 0 Å². The fraction of sp³-hybridized carbons (Fsp3) is 0.959. The Morgan fingerprint density at radius 3 is 1.54 bits per heavy atom. The number of alkyl halides is 6. The summed E-state index contributed by atoms with van der Waals surface area (Å²) < 4.78 is 258. The molecular weight excluding hydrogens is 1260 g/mol. The van der Waals surface area contributed by atoms with Crippen LogP contribution in [0.1, 0.15) is 73.6 Å². The van der Waals surface area contributed by atoms with Crippen LogP contribution in [-0.2, 0) is 101 Å². The summed E-state index contributed by atoms with van der Waals surface area (Å²) in [5.41, 5.74) is 0. The summed E-state index contributed by atoms with van der Waals surface area (Å²) in [6.45, 7) is 11.3. The van der Waals surface area contributed by atoms with Crippen LogP contribution in [-0.4, -0.2) is 190 Å². The van der Waals surface area contributed by atoms with E-state index < -0.39 is 172 Å². The number of nitriles is 2. The summed E-state index contributed by atoms with van der Waals surface area (Å²) in [6.07, 6.45) is -14.5. The summed E-state index contributed by atoms with van der Waals surface area (Å²) in [5.74, 6) is 0.858. The number of hydrogen-bond acceptors (Lipinski definition) is 23. The molecule has 84 heavy (non-hydrogen) atoms. The number of rotatable bonds is 0. The Morgan fingerprint density at radius 2 is 1.00 bits per heavy atom. The second-order valence-corrected chi connectivity index (χ2v) is 38.0. The largest absolute Gasteiger partial charge is 0.413 e. The number of halogens is 6. The van der Waals surface area contributed by atoms with Gasteiger partial charge in [0, 0.05) is 42.4 Å². The molecule has 0 amide bonds. The predicted molar refractivity (Wildman–Crippen MR) is 269 cm³/mol. The van der Waals surface area contributed by atoms with Crippen LogP contribution in [0.25, 0.3) is 0 Å². The van der Waals surface area contributed by atoms with Gasteiger partial charge >= 0.3 is 12.4 Å². The van der Waals surface area contributed by atoms with E-state index in [1.165, 1.54) is 13.3 Å². The molecule has 32 unspecified atom stereocenters. The molecule has 0 aromatic carbocycles. The highest BCUT2D eigenvalue weighted by Gasteiger charge is 2.83. The molecule has 18 rings (SSSR count). The molecule has 35 heteroatoms. The van der Waals surface area contributed by atoms with Gasteiger partial charge in [0.1, 0.15) is 65.2 Å². The van der Waals surface area contributed by atoms with Gasteiger partial charge in [0.05, 0.1) is 76.7 Å². The van der Waals surface area contributed by atoms with Crippen LogP contribution < -0.4 is 0 Å². The third kappa shape index (κ3) is 8.09. The average molecular weight is 1320 g/mol. The zero-order valence-corrected chi connectivity index (χ0v) is 50.4. The second-order valence-electron chi connectivity index (χ2n) is 26.4. The van der Waals surface area contributed by atoms with Gasteiger partial charge in [-0.25, -0.2) is 16.8 Å². The topological polar surface area (TPSA) is 335 Å².